The van der Waals surface area contributed by atoms with Crippen LogP contribution in [-0.4, -0.2) is 0 Å². The summed E-state index contributed by atoms with van der Waals surface area (Å²) in [6.45, 7) is 0. The van der Waals surface area contributed by atoms with E-state index in [1.165, 1.54) is 80.3 Å². The lowest BCUT2D eigenvalue weighted by Crippen LogP contribution is -1.91. The highest BCUT2D eigenvalue weighted by Gasteiger charge is 2.20. The molecule has 0 amide bonds. The van der Waals surface area contributed by atoms with Gasteiger partial charge in [0.2, 0.25) is 0 Å². The molecule has 0 spiro atoms. The smallest absolute Gasteiger partial charge is 0.152 e. The van der Waals surface area contributed by atoms with E-state index in [9.17, 15) is 0 Å². The van der Waals surface area contributed by atoms with Crippen LogP contribution in [0, 0.1) is 0 Å². The van der Waals surface area contributed by atoms with Gasteiger partial charge < -0.3 is 4.42 Å². The Hall–Kier alpha value is -5.70. The van der Waals surface area contributed by atoms with Crippen LogP contribution in [0.5, 0.6) is 0 Å². The summed E-state index contributed by atoms with van der Waals surface area (Å²) in [4.78, 5) is 0. The van der Waals surface area contributed by atoms with Gasteiger partial charge in [-0.3, -0.25) is 0 Å². The Balaban J connectivity index is 1.24. The van der Waals surface area contributed by atoms with Gasteiger partial charge in [-0.15, -0.1) is 11.3 Å². The lowest BCUT2D eigenvalue weighted by atomic mass is 9.84. The molecule has 0 N–H and O–H groups in total. The van der Waals surface area contributed by atoms with E-state index in [0.717, 1.165) is 16.5 Å². The van der Waals surface area contributed by atoms with Gasteiger partial charge in [0.1, 0.15) is 0 Å². The third-order valence-corrected chi connectivity index (χ3v) is 10.7. The molecule has 2 heterocycles. The number of furan rings is 1. The molecule has 10 aromatic rings. The van der Waals surface area contributed by atoms with Crippen molar-refractivity contribution in [3.8, 4) is 33.4 Å². The van der Waals surface area contributed by atoms with Crippen molar-refractivity contribution in [3.05, 3.63) is 158 Å². The number of rotatable bonds is 3. The van der Waals surface area contributed by atoms with Crippen LogP contribution in [0.1, 0.15) is 0 Å². The summed E-state index contributed by atoms with van der Waals surface area (Å²) < 4.78 is 8.74. The van der Waals surface area contributed by atoms with Crippen LogP contribution in [0.15, 0.2) is 162 Å². The molecule has 0 saturated carbocycles. The van der Waals surface area contributed by atoms with Crippen LogP contribution in [0.3, 0.4) is 0 Å². The van der Waals surface area contributed by atoms with Crippen LogP contribution in [0.2, 0.25) is 0 Å². The first-order valence-electron chi connectivity index (χ1n) is 15.7. The van der Waals surface area contributed by atoms with Crippen molar-refractivity contribution in [3.63, 3.8) is 0 Å². The normalized spacial score (nSPS) is 11.9. The summed E-state index contributed by atoms with van der Waals surface area (Å²) in [5.74, 6) is 0. The molecule has 0 aliphatic rings. The molecule has 1 nitrogen and oxygen atoms in total. The summed E-state index contributed by atoms with van der Waals surface area (Å²) in [6.07, 6.45) is 1.91. The molecule has 0 aliphatic carbocycles. The highest BCUT2D eigenvalue weighted by atomic mass is 32.1. The molecule has 46 heavy (non-hydrogen) atoms. The Bertz CT molecular complexity index is 2740. The zero-order valence-electron chi connectivity index (χ0n) is 24.8. The fraction of sp³-hybridized carbons (Fsp3) is 0. The van der Waals surface area contributed by atoms with Crippen molar-refractivity contribution in [2.45, 2.75) is 0 Å². The van der Waals surface area contributed by atoms with E-state index in [2.05, 4.69) is 152 Å². The Morgan fingerprint density at radius 2 is 1.02 bits per heavy atom. The number of hydrogen-bond acceptors (Lipinski definition) is 2. The number of fused-ring (bicyclic) bond motifs is 8. The third-order valence-electron chi connectivity index (χ3n) is 9.54. The van der Waals surface area contributed by atoms with Gasteiger partial charge in [-0.1, -0.05) is 133 Å². The van der Waals surface area contributed by atoms with E-state index in [1.807, 2.05) is 17.6 Å². The molecule has 214 valence electrons. The zero-order valence-corrected chi connectivity index (χ0v) is 25.6. The summed E-state index contributed by atoms with van der Waals surface area (Å²) in [6, 6.07) is 55.2. The molecule has 0 aliphatic heterocycles. The fourth-order valence-electron chi connectivity index (χ4n) is 7.50. The highest BCUT2D eigenvalue weighted by molar-refractivity contribution is 7.26. The minimum Gasteiger partial charge on any atom is -0.462 e. The first-order chi connectivity index (χ1) is 22.8. The van der Waals surface area contributed by atoms with Crippen LogP contribution in [0.4, 0.5) is 0 Å². The van der Waals surface area contributed by atoms with E-state index < -0.39 is 0 Å². The predicted molar refractivity (Wildman–Crippen MR) is 198 cm³/mol. The van der Waals surface area contributed by atoms with E-state index in [4.69, 9.17) is 4.42 Å². The fourth-order valence-corrected chi connectivity index (χ4v) is 8.67. The van der Waals surface area contributed by atoms with Crippen molar-refractivity contribution in [2.75, 3.05) is 0 Å². The molecule has 0 radical (unpaired) electrons. The van der Waals surface area contributed by atoms with E-state index >= 15 is 0 Å². The molecule has 8 aromatic carbocycles. The zero-order chi connectivity index (χ0) is 30.2. The lowest BCUT2D eigenvalue weighted by Gasteiger charge is -2.19. The van der Waals surface area contributed by atoms with Crippen molar-refractivity contribution < 1.29 is 4.42 Å². The average Bonchev–Trinajstić information content (AvgIpc) is 3.72. The lowest BCUT2D eigenvalue weighted by molar-refractivity contribution is 0.621. The molecule has 0 atom stereocenters. The van der Waals surface area contributed by atoms with Crippen LogP contribution < -0.4 is 0 Å². The van der Waals surface area contributed by atoms with Crippen molar-refractivity contribution in [2.24, 2.45) is 0 Å². The summed E-state index contributed by atoms with van der Waals surface area (Å²) >= 11 is 1.82. The molecule has 0 fully saturated rings. The standard InChI is InChI=1S/C44H26OS/c1-2-11-28(12-3-1)39-26-45-43-36(39)22-23-37-38-25-29(21-24-40(38)46-44(37)43)41-32-16-6-8-18-34(32)42(35-19-9-7-17-33(35)41)31-20-10-14-27-13-4-5-15-30(27)31/h1-26H. The molecule has 2 heteroatoms. The molecular weight excluding hydrogens is 577 g/mol. The first-order valence-corrected chi connectivity index (χ1v) is 16.5. The van der Waals surface area contributed by atoms with Gasteiger partial charge in [-0.05, 0) is 78.3 Å². The van der Waals surface area contributed by atoms with Crippen molar-refractivity contribution >= 4 is 74.8 Å². The highest BCUT2D eigenvalue weighted by Crippen LogP contribution is 2.47. The topological polar surface area (TPSA) is 13.1 Å². The van der Waals surface area contributed by atoms with Crippen LogP contribution in [-0.2, 0) is 0 Å². The largest absolute Gasteiger partial charge is 0.462 e. The van der Waals surface area contributed by atoms with Gasteiger partial charge in [0.25, 0.3) is 0 Å². The molecule has 0 unspecified atom stereocenters. The maximum Gasteiger partial charge on any atom is 0.152 e. The molecule has 0 saturated heterocycles. The van der Waals surface area contributed by atoms with Gasteiger partial charge >= 0.3 is 0 Å². The maximum atomic E-state index is 6.27. The van der Waals surface area contributed by atoms with Crippen molar-refractivity contribution in [1.82, 2.24) is 0 Å². The second-order valence-electron chi connectivity index (χ2n) is 12.0. The minimum atomic E-state index is 0.967. The van der Waals surface area contributed by atoms with Gasteiger partial charge in [0.05, 0.1) is 11.0 Å². The monoisotopic (exact) mass is 602 g/mol. The van der Waals surface area contributed by atoms with Crippen LogP contribution in [0.25, 0.3) is 96.8 Å². The summed E-state index contributed by atoms with van der Waals surface area (Å²) in [5, 5.41) is 11.3. The quantitative estimate of drug-likeness (QED) is 0.183. The van der Waals surface area contributed by atoms with Crippen LogP contribution >= 0.6 is 11.3 Å². The van der Waals surface area contributed by atoms with E-state index in [1.54, 1.807) is 0 Å². The van der Waals surface area contributed by atoms with Crippen molar-refractivity contribution in [1.29, 1.82) is 0 Å². The summed E-state index contributed by atoms with van der Waals surface area (Å²) in [7, 11) is 0. The first kappa shape index (κ1) is 25.6. The molecule has 10 rings (SSSR count). The summed E-state index contributed by atoms with van der Waals surface area (Å²) in [5.41, 5.74) is 8.36. The SMILES string of the molecule is c1ccc(-c2coc3c2ccc2c4cc(-c5c6ccccc6c(-c6cccc7ccccc67)c6ccccc56)ccc4sc23)cc1. The maximum absolute atomic E-state index is 6.27. The molecular formula is C44H26OS. The number of hydrogen-bond donors (Lipinski definition) is 0. The Kier molecular flexibility index (Phi) is 5.51. The van der Waals surface area contributed by atoms with Gasteiger partial charge in [-0.2, -0.15) is 0 Å². The number of thiophene rings is 1. The minimum absolute atomic E-state index is 0.967. The second-order valence-corrected chi connectivity index (χ2v) is 13.1. The third kappa shape index (κ3) is 3.68. The molecule has 0 bridgehead atoms. The number of benzene rings is 8. The Labute approximate surface area is 269 Å². The second kappa shape index (κ2) is 9.90. The van der Waals surface area contributed by atoms with Gasteiger partial charge in [0.15, 0.2) is 5.58 Å². The van der Waals surface area contributed by atoms with E-state index in [0.29, 0.717) is 0 Å². The predicted octanol–water partition coefficient (Wildman–Crippen LogP) is 13.3. The Morgan fingerprint density at radius 1 is 0.391 bits per heavy atom. The van der Waals surface area contributed by atoms with Gasteiger partial charge in [-0.25, -0.2) is 0 Å². The average molecular weight is 603 g/mol. The molecule has 2 aromatic heterocycles. The van der Waals surface area contributed by atoms with Gasteiger partial charge in [0, 0.05) is 26.4 Å². The Morgan fingerprint density at radius 3 is 1.78 bits per heavy atom. The van der Waals surface area contributed by atoms with E-state index in [-0.39, 0.29) is 0 Å².